The number of aliphatic hydroxyl groups is 1. The van der Waals surface area contributed by atoms with E-state index in [0.29, 0.717) is 5.78 Å². The minimum absolute atomic E-state index is 0.0202. The van der Waals surface area contributed by atoms with Crippen molar-refractivity contribution in [1.29, 1.82) is 0 Å². The van der Waals surface area contributed by atoms with Crippen LogP contribution < -0.4 is 5.56 Å². The van der Waals surface area contributed by atoms with Crippen LogP contribution >= 0.6 is 22.6 Å². The summed E-state index contributed by atoms with van der Waals surface area (Å²) >= 11 is 8.24. The van der Waals surface area contributed by atoms with Crippen LogP contribution in [0.15, 0.2) is 46.1 Å². The third-order valence-corrected chi connectivity index (χ3v) is 7.63. The lowest BCUT2D eigenvalue weighted by Crippen LogP contribution is -2.39. The highest BCUT2D eigenvalue weighted by Crippen LogP contribution is 2.53. The van der Waals surface area contributed by atoms with Crippen LogP contribution in [0.25, 0.3) is 28.2 Å². The Morgan fingerprint density at radius 1 is 1.28 bits per heavy atom. The molecule has 3 aromatic heterocycles. The van der Waals surface area contributed by atoms with E-state index in [1.54, 1.807) is 6.20 Å². The van der Waals surface area contributed by atoms with E-state index < -0.39 is 31.3 Å². The van der Waals surface area contributed by atoms with Gasteiger partial charge in [0.05, 0.1) is 12.3 Å². The molecule has 2 saturated heterocycles. The lowest BCUT2D eigenvalue weighted by atomic mass is 10.1. The number of aromatic amines is 1. The highest BCUT2D eigenvalue weighted by molar-refractivity contribution is 9.10. The fourth-order valence-corrected chi connectivity index (χ4v) is 6.03. The summed E-state index contributed by atoms with van der Waals surface area (Å²) in [5.41, 5.74) is 1.56. The number of aliphatic hydroxyl groups excluding tert-OH is 1. The first-order chi connectivity index (χ1) is 15.3. The number of benzene rings is 1. The number of halogens is 1. The molecule has 0 amide bonds. The number of aromatic nitrogens is 5. The number of imidazole rings is 2. The number of fused-ring (bicyclic) bond motifs is 3. The monoisotopic (exact) mass is 539 g/mol. The standard InChI is InChI=1S/C18H15BrN5O6PS/c19-17-21-11-14(24(17)16-12(25)13-10(29-16)7-28-31(27,32)30-13)22-18-20-9(6-23(18)15(11)26)8-4-2-1-3-5-8/h1-6,10,12-13,16,25H,7H2,(H,20,22)(H,27,32)/t10?,12?,13-,16+,31?/m0/s1. The molecule has 6 rings (SSSR count). The van der Waals surface area contributed by atoms with Crippen molar-refractivity contribution in [2.75, 3.05) is 6.61 Å². The summed E-state index contributed by atoms with van der Waals surface area (Å²) in [5, 5.41) is 10.9. The average Bonchev–Trinajstić information content (AvgIpc) is 3.43. The zero-order chi connectivity index (χ0) is 22.2. The second-order valence-electron chi connectivity index (χ2n) is 7.46. The SMILES string of the molecule is O=c1c2nc(Br)n([C@@H]3OC4COP(O)(=S)O[C@@H]4C3O)c2nc2[nH]c(-c3ccccc3)cn12. The molecule has 166 valence electrons. The zero-order valence-electron chi connectivity index (χ0n) is 16.0. The fourth-order valence-electron chi connectivity index (χ4n) is 4.04. The third kappa shape index (κ3) is 3.12. The van der Waals surface area contributed by atoms with E-state index in [2.05, 4.69) is 30.9 Å². The minimum atomic E-state index is -3.44. The normalized spacial score (nSPS) is 30.2. The molecule has 3 N–H and O–H groups in total. The maximum Gasteiger partial charge on any atom is 0.325 e. The van der Waals surface area contributed by atoms with Crippen LogP contribution in [0.1, 0.15) is 6.23 Å². The lowest BCUT2D eigenvalue weighted by Gasteiger charge is -2.30. The molecule has 0 radical (unpaired) electrons. The molecule has 5 atom stereocenters. The van der Waals surface area contributed by atoms with Gasteiger partial charge in [0.15, 0.2) is 22.1 Å². The first kappa shape index (κ1) is 20.6. The van der Waals surface area contributed by atoms with E-state index >= 15 is 0 Å². The Labute approximate surface area is 193 Å². The van der Waals surface area contributed by atoms with E-state index in [-0.39, 0.29) is 28.1 Å². The van der Waals surface area contributed by atoms with E-state index in [1.165, 1.54) is 8.97 Å². The Bertz CT molecular complexity index is 1470. The molecule has 14 heteroatoms. The molecule has 11 nitrogen and oxygen atoms in total. The Morgan fingerprint density at radius 3 is 2.84 bits per heavy atom. The van der Waals surface area contributed by atoms with Crippen LogP contribution in [0.3, 0.4) is 0 Å². The van der Waals surface area contributed by atoms with Crippen molar-refractivity contribution in [1.82, 2.24) is 23.9 Å². The summed E-state index contributed by atoms with van der Waals surface area (Å²) < 4.78 is 19.6. The predicted octanol–water partition coefficient (Wildman–Crippen LogP) is 1.69. The van der Waals surface area contributed by atoms with Gasteiger partial charge in [-0.15, -0.1) is 0 Å². The highest BCUT2D eigenvalue weighted by Gasteiger charge is 2.51. The lowest BCUT2D eigenvalue weighted by molar-refractivity contribution is -0.0600. The van der Waals surface area contributed by atoms with Gasteiger partial charge in [0.1, 0.15) is 18.3 Å². The van der Waals surface area contributed by atoms with E-state index in [4.69, 9.17) is 25.6 Å². The van der Waals surface area contributed by atoms with Gasteiger partial charge in [0, 0.05) is 6.20 Å². The highest BCUT2D eigenvalue weighted by atomic mass is 79.9. The fraction of sp³-hybridized carbons (Fsp3) is 0.278. The molecule has 2 aliphatic heterocycles. The molecular formula is C18H15BrN5O6PS. The van der Waals surface area contributed by atoms with E-state index in [1.807, 2.05) is 30.3 Å². The predicted molar refractivity (Wildman–Crippen MR) is 119 cm³/mol. The molecule has 0 aliphatic carbocycles. The summed E-state index contributed by atoms with van der Waals surface area (Å²) in [4.78, 5) is 35.2. The van der Waals surface area contributed by atoms with Crippen LogP contribution in [0.2, 0.25) is 0 Å². The van der Waals surface area contributed by atoms with Gasteiger partial charge in [-0.25, -0.2) is 9.38 Å². The topological polar surface area (TPSA) is 136 Å². The van der Waals surface area contributed by atoms with Gasteiger partial charge in [-0.2, -0.15) is 4.98 Å². The molecule has 32 heavy (non-hydrogen) atoms. The number of rotatable bonds is 2. The van der Waals surface area contributed by atoms with Crippen molar-refractivity contribution < 1.29 is 23.8 Å². The first-order valence-electron chi connectivity index (χ1n) is 9.56. The van der Waals surface area contributed by atoms with Crippen molar-refractivity contribution in [2.45, 2.75) is 24.5 Å². The Hall–Kier alpha value is -1.96. The molecule has 5 heterocycles. The maximum atomic E-state index is 13.1. The molecular weight excluding hydrogens is 525 g/mol. The number of H-pyrrole nitrogens is 1. The molecule has 0 spiro atoms. The van der Waals surface area contributed by atoms with Crippen molar-refractivity contribution in [3.05, 3.63) is 51.6 Å². The number of hydrogen-bond donors (Lipinski definition) is 3. The summed E-state index contributed by atoms with van der Waals surface area (Å²) in [6, 6.07) is 9.54. The van der Waals surface area contributed by atoms with Gasteiger partial charge >= 0.3 is 6.72 Å². The van der Waals surface area contributed by atoms with Gasteiger partial charge in [0.25, 0.3) is 5.56 Å². The summed E-state index contributed by atoms with van der Waals surface area (Å²) in [6.45, 7) is -3.46. The van der Waals surface area contributed by atoms with Crippen molar-refractivity contribution in [3.63, 3.8) is 0 Å². The second-order valence-corrected chi connectivity index (χ2v) is 11.0. The molecule has 0 bridgehead atoms. The number of hydrogen-bond acceptors (Lipinski definition) is 8. The number of nitrogens with one attached hydrogen (secondary N) is 1. The van der Waals surface area contributed by atoms with Crippen molar-refractivity contribution in [2.24, 2.45) is 0 Å². The van der Waals surface area contributed by atoms with Gasteiger partial charge in [-0.1, -0.05) is 30.3 Å². The van der Waals surface area contributed by atoms with Crippen LogP contribution in [0.4, 0.5) is 0 Å². The minimum Gasteiger partial charge on any atom is -0.386 e. The Kier molecular flexibility index (Phi) is 4.69. The summed E-state index contributed by atoms with van der Waals surface area (Å²) in [5.74, 6) is 0.311. The van der Waals surface area contributed by atoms with Crippen molar-refractivity contribution in [3.8, 4) is 11.3 Å². The molecule has 2 aliphatic rings. The largest absolute Gasteiger partial charge is 0.386 e. The van der Waals surface area contributed by atoms with Gasteiger partial charge in [-0.05, 0) is 33.3 Å². The molecule has 1 aromatic carbocycles. The van der Waals surface area contributed by atoms with Crippen molar-refractivity contribution >= 4 is 51.4 Å². The second kappa shape index (κ2) is 7.27. The first-order valence-corrected chi connectivity index (χ1v) is 12.9. The van der Waals surface area contributed by atoms with Gasteiger partial charge in [-0.3, -0.25) is 13.9 Å². The summed E-state index contributed by atoms with van der Waals surface area (Å²) in [6.07, 6.45) is -2.05. The Morgan fingerprint density at radius 2 is 2.06 bits per heavy atom. The van der Waals surface area contributed by atoms with Gasteiger partial charge in [0.2, 0.25) is 5.78 Å². The van der Waals surface area contributed by atoms with E-state index in [0.717, 1.165) is 11.3 Å². The number of nitrogens with zero attached hydrogens (tertiary/aromatic N) is 4. The maximum absolute atomic E-state index is 13.1. The summed E-state index contributed by atoms with van der Waals surface area (Å²) in [7, 11) is 0. The van der Waals surface area contributed by atoms with Gasteiger partial charge < -0.3 is 24.2 Å². The quantitative estimate of drug-likeness (QED) is 0.256. The smallest absolute Gasteiger partial charge is 0.325 e. The van der Waals surface area contributed by atoms with Crippen LogP contribution in [0.5, 0.6) is 0 Å². The molecule has 4 aromatic rings. The average molecular weight is 540 g/mol. The molecule has 3 unspecified atom stereocenters. The van der Waals surface area contributed by atoms with Crippen LogP contribution in [0, 0.1) is 0 Å². The van der Waals surface area contributed by atoms with Crippen LogP contribution in [-0.4, -0.2) is 58.8 Å². The zero-order valence-corrected chi connectivity index (χ0v) is 19.3. The number of ether oxygens (including phenoxy) is 1. The Balaban J connectivity index is 1.48. The van der Waals surface area contributed by atoms with E-state index in [9.17, 15) is 14.8 Å². The van der Waals surface area contributed by atoms with Crippen LogP contribution in [-0.2, 0) is 25.6 Å². The third-order valence-electron chi connectivity index (χ3n) is 5.51. The molecule has 0 saturated carbocycles. The molecule has 2 fully saturated rings.